The predicted octanol–water partition coefficient (Wildman–Crippen LogP) is 2.14. The molecular weight excluding hydrogens is 288 g/mol. The van der Waals surface area contributed by atoms with E-state index >= 15 is 0 Å². The topological polar surface area (TPSA) is 62.2 Å². The van der Waals surface area contributed by atoms with Crippen LogP contribution in [0.4, 0.5) is 0 Å². The van der Waals surface area contributed by atoms with E-state index in [1.807, 2.05) is 43.3 Å². The van der Waals surface area contributed by atoms with Crippen molar-refractivity contribution in [1.29, 1.82) is 0 Å². The molecule has 3 rings (SSSR count). The summed E-state index contributed by atoms with van der Waals surface area (Å²) in [6.07, 6.45) is 4.05. The van der Waals surface area contributed by atoms with Gasteiger partial charge in [0.15, 0.2) is 0 Å². The molecule has 120 valence electrons. The van der Waals surface area contributed by atoms with Crippen molar-refractivity contribution in [3.05, 3.63) is 65.0 Å². The average Bonchev–Trinajstić information content (AvgIpc) is 3.00. The smallest absolute Gasteiger partial charge is 0.229 e. The number of aliphatic hydroxyl groups is 1. The second-order valence-corrected chi connectivity index (χ2v) is 6.22. The first kappa shape index (κ1) is 15.7. The van der Waals surface area contributed by atoms with Crippen LogP contribution in [0.3, 0.4) is 0 Å². The minimum absolute atomic E-state index is 0.0337. The maximum absolute atomic E-state index is 12.6. The van der Waals surface area contributed by atoms with Crippen molar-refractivity contribution in [2.24, 2.45) is 0 Å². The summed E-state index contributed by atoms with van der Waals surface area (Å²) in [5.74, 6) is -0.230. The zero-order valence-corrected chi connectivity index (χ0v) is 13.3. The van der Waals surface area contributed by atoms with Gasteiger partial charge < -0.3 is 10.4 Å². The normalized spacial score (nSPS) is 17.6. The van der Waals surface area contributed by atoms with Crippen LogP contribution in [0.2, 0.25) is 0 Å². The van der Waals surface area contributed by atoms with Crippen molar-refractivity contribution in [2.45, 2.75) is 38.1 Å². The van der Waals surface area contributed by atoms with Crippen molar-refractivity contribution in [2.75, 3.05) is 6.61 Å². The fraction of sp³-hybridized carbons (Fsp3) is 0.368. The van der Waals surface area contributed by atoms with Crippen LogP contribution in [0.5, 0.6) is 0 Å². The molecule has 2 atom stereocenters. The summed E-state index contributed by atoms with van der Waals surface area (Å²) >= 11 is 0. The van der Waals surface area contributed by atoms with Gasteiger partial charge in [0, 0.05) is 6.20 Å². The maximum atomic E-state index is 12.6. The molecule has 1 aromatic carbocycles. The van der Waals surface area contributed by atoms with Gasteiger partial charge in [0.2, 0.25) is 5.91 Å². The lowest BCUT2D eigenvalue weighted by molar-refractivity contribution is -0.123. The Morgan fingerprint density at radius 1 is 1.35 bits per heavy atom. The highest BCUT2D eigenvalue weighted by Crippen LogP contribution is 2.31. The number of fused-ring (bicyclic) bond motifs is 1. The number of hydrogen-bond acceptors (Lipinski definition) is 3. The van der Waals surface area contributed by atoms with Crippen molar-refractivity contribution in [1.82, 2.24) is 10.3 Å². The summed E-state index contributed by atoms with van der Waals surface area (Å²) < 4.78 is 0. The maximum Gasteiger partial charge on any atom is 0.229 e. The molecule has 0 saturated carbocycles. The number of aliphatic hydroxyl groups excluding tert-OH is 1. The molecule has 1 aliphatic carbocycles. The molecule has 2 unspecified atom stereocenters. The molecule has 1 aliphatic rings. The van der Waals surface area contributed by atoms with Gasteiger partial charge in [-0.2, -0.15) is 0 Å². The second-order valence-electron chi connectivity index (χ2n) is 6.22. The monoisotopic (exact) mass is 310 g/mol. The summed E-state index contributed by atoms with van der Waals surface area (Å²) in [7, 11) is 0. The Hall–Kier alpha value is -2.20. The molecule has 1 heterocycles. The Balaban J connectivity index is 1.65. The standard InChI is InChI=1S/C19H22N2O2/c1-13-4-6-14(7-5-13)11-16(12-22)21-19(23)17-9-8-15-3-2-10-20-18(15)17/h2-7,10,16-17,22H,8-9,11-12H2,1H3,(H,21,23). The van der Waals surface area contributed by atoms with Gasteiger partial charge in [0.25, 0.3) is 0 Å². The molecule has 0 radical (unpaired) electrons. The molecule has 4 nitrogen and oxygen atoms in total. The Morgan fingerprint density at radius 3 is 2.87 bits per heavy atom. The van der Waals surface area contributed by atoms with Crippen molar-refractivity contribution < 1.29 is 9.90 Å². The molecule has 0 bridgehead atoms. The van der Waals surface area contributed by atoms with Crippen LogP contribution < -0.4 is 5.32 Å². The van der Waals surface area contributed by atoms with Crippen LogP contribution in [0, 0.1) is 6.92 Å². The number of aryl methyl sites for hydroxylation is 2. The molecule has 0 aliphatic heterocycles. The predicted molar refractivity (Wildman–Crippen MR) is 89.2 cm³/mol. The van der Waals surface area contributed by atoms with E-state index in [9.17, 15) is 9.90 Å². The number of aromatic nitrogens is 1. The van der Waals surface area contributed by atoms with E-state index < -0.39 is 0 Å². The Kier molecular flexibility index (Phi) is 4.72. The second kappa shape index (κ2) is 6.92. The number of amides is 1. The number of benzene rings is 1. The number of pyridine rings is 1. The molecular formula is C19H22N2O2. The Labute approximate surface area is 136 Å². The summed E-state index contributed by atoms with van der Waals surface area (Å²) in [5, 5.41) is 12.6. The Bertz CT molecular complexity index is 682. The number of hydrogen-bond donors (Lipinski definition) is 2. The first-order valence-corrected chi connectivity index (χ1v) is 8.08. The van der Waals surface area contributed by atoms with Gasteiger partial charge in [-0.25, -0.2) is 0 Å². The van der Waals surface area contributed by atoms with E-state index in [0.717, 1.165) is 29.7 Å². The number of nitrogens with one attached hydrogen (secondary N) is 1. The molecule has 2 N–H and O–H groups in total. The zero-order chi connectivity index (χ0) is 16.2. The van der Waals surface area contributed by atoms with E-state index in [1.165, 1.54) is 5.56 Å². The van der Waals surface area contributed by atoms with Gasteiger partial charge in [-0.1, -0.05) is 35.9 Å². The number of nitrogens with zero attached hydrogens (tertiary/aromatic N) is 1. The first-order valence-electron chi connectivity index (χ1n) is 8.08. The zero-order valence-electron chi connectivity index (χ0n) is 13.3. The van der Waals surface area contributed by atoms with E-state index in [0.29, 0.717) is 6.42 Å². The van der Waals surface area contributed by atoms with Crippen LogP contribution in [0.25, 0.3) is 0 Å². The number of rotatable bonds is 5. The summed E-state index contributed by atoms with van der Waals surface area (Å²) in [6.45, 7) is 1.97. The van der Waals surface area contributed by atoms with Crippen molar-refractivity contribution >= 4 is 5.91 Å². The van der Waals surface area contributed by atoms with Gasteiger partial charge >= 0.3 is 0 Å². The van der Waals surface area contributed by atoms with Gasteiger partial charge in [-0.15, -0.1) is 0 Å². The van der Waals surface area contributed by atoms with Gasteiger partial charge in [0.05, 0.1) is 24.3 Å². The molecule has 0 spiro atoms. The lowest BCUT2D eigenvalue weighted by Crippen LogP contribution is -2.41. The van der Waals surface area contributed by atoms with Gasteiger partial charge in [-0.3, -0.25) is 9.78 Å². The number of carbonyl (C=O) groups is 1. The highest BCUT2D eigenvalue weighted by molar-refractivity contribution is 5.84. The summed E-state index contributed by atoms with van der Waals surface area (Å²) in [6, 6.07) is 11.8. The summed E-state index contributed by atoms with van der Waals surface area (Å²) in [4.78, 5) is 16.9. The first-order chi connectivity index (χ1) is 11.2. The van der Waals surface area contributed by atoms with Crippen LogP contribution >= 0.6 is 0 Å². The van der Waals surface area contributed by atoms with Gasteiger partial charge in [-0.05, 0) is 43.4 Å². The van der Waals surface area contributed by atoms with Crippen LogP contribution in [-0.4, -0.2) is 28.6 Å². The van der Waals surface area contributed by atoms with E-state index in [4.69, 9.17) is 0 Å². The van der Waals surface area contributed by atoms with E-state index in [-0.39, 0.29) is 24.5 Å². The van der Waals surface area contributed by atoms with E-state index in [1.54, 1.807) is 6.20 Å². The highest BCUT2D eigenvalue weighted by Gasteiger charge is 2.30. The fourth-order valence-electron chi connectivity index (χ4n) is 3.14. The third kappa shape index (κ3) is 3.59. The Morgan fingerprint density at radius 2 is 2.13 bits per heavy atom. The third-order valence-electron chi connectivity index (χ3n) is 4.44. The number of carbonyl (C=O) groups excluding carboxylic acids is 1. The molecule has 2 aromatic rings. The summed E-state index contributed by atoms with van der Waals surface area (Å²) in [5.41, 5.74) is 4.36. The third-order valence-corrected chi connectivity index (χ3v) is 4.44. The molecule has 1 amide bonds. The van der Waals surface area contributed by atoms with Crippen LogP contribution in [0.15, 0.2) is 42.6 Å². The quantitative estimate of drug-likeness (QED) is 0.889. The average molecular weight is 310 g/mol. The largest absolute Gasteiger partial charge is 0.394 e. The van der Waals surface area contributed by atoms with Crippen LogP contribution in [0.1, 0.15) is 34.7 Å². The fourth-order valence-corrected chi connectivity index (χ4v) is 3.14. The molecule has 1 aromatic heterocycles. The molecule has 0 fully saturated rings. The molecule has 23 heavy (non-hydrogen) atoms. The lowest BCUT2D eigenvalue weighted by atomic mass is 10.0. The SMILES string of the molecule is Cc1ccc(CC(CO)NC(=O)C2CCc3cccnc32)cc1. The lowest BCUT2D eigenvalue weighted by Gasteiger charge is -2.19. The van der Waals surface area contributed by atoms with Crippen molar-refractivity contribution in [3.63, 3.8) is 0 Å². The highest BCUT2D eigenvalue weighted by atomic mass is 16.3. The minimum Gasteiger partial charge on any atom is -0.394 e. The minimum atomic E-state index is -0.266. The molecule has 4 heteroatoms. The molecule has 0 saturated heterocycles. The van der Waals surface area contributed by atoms with Gasteiger partial charge in [0.1, 0.15) is 0 Å². The van der Waals surface area contributed by atoms with Crippen LogP contribution in [-0.2, 0) is 17.6 Å². The van der Waals surface area contributed by atoms with Crippen molar-refractivity contribution in [3.8, 4) is 0 Å². The van der Waals surface area contributed by atoms with E-state index in [2.05, 4.69) is 10.3 Å².